The molecule has 3 aliphatic carbocycles. The zero-order valence-electron chi connectivity index (χ0n) is 18.0. The van der Waals surface area contributed by atoms with Crippen LogP contribution in [0.25, 0.3) is 0 Å². The van der Waals surface area contributed by atoms with E-state index in [-0.39, 0.29) is 22.4 Å². The number of aliphatic hydroxyl groups excluding tert-OH is 1. The second-order valence-electron chi connectivity index (χ2n) is 9.62. The maximum atomic E-state index is 13.6. The molecule has 0 radical (unpaired) electrons. The van der Waals surface area contributed by atoms with Crippen LogP contribution in [-0.2, 0) is 10.2 Å². The average molecular weight is 395 g/mol. The van der Waals surface area contributed by atoms with Crippen molar-refractivity contribution in [3.05, 3.63) is 58.9 Å². The van der Waals surface area contributed by atoms with Crippen LogP contribution in [0.5, 0.6) is 11.5 Å². The van der Waals surface area contributed by atoms with Crippen molar-refractivity contribution in [2.45, 2.75) is 51.9 Å². The number of ether oxygens (including phenoxy) is 2. The molecule has 1 saturated carbocycles. The number of carbonyl (C=O) groups excluding carboxylic acids is 1. The van der Waals surface area contributed by atoms with Crippen molar-refractivity contribution in [2.75, 3.05) is 14.2 Å². The summed E-state index contributed by atoms with van der Waals surface area (Å²) in [6.45, 7) is 6.61. The van der Waals surface area contributed by atoms with E-state index in [1.165, 1.54) is 0 Å². The fourth-order valence-electron chi connectivity index (χ4n) is 5.15. The van der Waals surface area contributed by atoms with E-state index in [9.17, 15) is 9.90 Å². The van der Waals surface area contributed by atoms with Gasteiger partial charge in [-0.15, -0.1) is 0 Å². The van der Waals surface area contributed by atoms with Crippen LogP contribution in [0.2, 0.25) is 0 Å². The Balaban J connectivity index is 1.70. The minimum atomic E-state index is -0.578. The van der Waals surface area contributed by atoms with Crippen LogP contribution in [0.4, 0.5) is 0 Å². The predicted molar refractivity (Wildman–Crippen MR) is 113 cm³/mol. The Kier molecular flexibility index (Phi) is 4.45. The highest BCUT2D eigenvalue weighted by molar-refractivity contribution is 6.08. The molecular formula is C25H30O4. The molecule has 0 spiro atoms. The lowest BCUT2D eigenvalue weighted by Crippen LogP contribution is -2.34. The lowest BCUT2D eigenvalue weighted by Gasteiger charge is -2.43. The van der Waals surface area contributed by atoms with Gasteiger partial charge in [-0.05, 0) is 48.8 Å². The summed E-state index contributed by atoms with van der Waals surface area (Å²) in [5.41, 5.74) is 1.66. The zero-order valence-corrected chi connectivity index (χ0v) is 18.0. The number of methoxy groups -OCH3 is 2. The Morgan fingerprint density at radius 2 is 1.76 bits per heavy atom. The van der Waals surface area contributed by atoms with Gasteiger partial charge in [-0.2, -0.15) is 0 Å². The zero-order chi connectivity index (χ0) is 21.0. The Hall–Kier alpha value is -2.49. The number of hydrogen-bond donors (Lipinski definition) is 1. The number of aliphatic hydroxyl groups is 1. The summed E-state index contributed by atoms with van der Waals surface area (Å²) in [5.74, 6) is 1.43. The molecule has 0 heterocycles. The van der Waals surface area contributed by atoms with Crippen LogP contribution in [0.1, 0.15) is 52.0 Å². The van der Waals surface area contributed by atoms with Gasteiger partial charge >= 0.3 is 0 Å². The van der Waals surface area contributed by atoms with Gasteiger partial charge in [-0.1, -0.05) is 45.1 Å². The summed E-state index contributed by atoms with van der Waals surface area (Å²) in [6, 6.07) is 5.68. The van der Waals surface area contributed by atoms with E-state index in [0.717, 1.165) is 36.8 Å². The lowest BCUT2D eigenvalue weighted by molar-refractivity contribution is -0.118. The highest BCUT2D eigenvalue weighted by Crippen LogP contribution is 2.55. The van der Waals surface area contributed by atoms with Crippen LogP contribution in [-0.4, -0.2) is 25.1 Å². The molecule has 1 N–H and O–H groups in total. The summed E-state index contributed by atoms with van der Waals surface area (Å²) >= 11 is 0. The number of allylic oxidation sites excluding steroid dienone is 5. The van der Waals surface area contributed by atoms with Crippen molar-refractivity contribution in [1.29, 1.82) is 0 Å². The number of benzene rings is 1. The Bertz CT molecular complexity index is 959. The van der Waals surface area contributed by atoms with Gasteiger partial charge in [0, 0.05) is 11.0 Å². The second kappa shape index (κ2) is 6.51. The van der Waals surface area contributed by atoms with E-state index in [1.807, 2.05) is 30.4 Å². The first-order valence-corrected chi connectivity index (χ1v) is 10.3. The summed E-state index contributed by atoms with van der Waals surface area (Å²) < 4.78 is 10.8. The van der Waals surface area contributed by atoms with Crippen LogP contribution < -0.4 is 9.47 Å². The predicted octanol–water partition coefficient (Wildman–Crippen LogP) is 5.44. The van der Waals surface area contributed by atoms with Gasteiger partial charge in [0.15, 0.2) is 17.3 Å². The molecule has 1 unspecified atom stereocenters. The van der Waals surface area contributed by atoms with E-state index in [2.05, 4.69) is 26.8 Å². The van der Waals surface area contributed by atoms with E-state index in [0.29, 0.717) is 17.1 Å². The topological polar surface area (TPSA) is 55.8 Å². The number of carbonyl (C=O) groups is 1. The van der Waals surface area contributed by atoms with Crippen molar-refractivity contribution in [2.24, 2.45) is 10.8 Å². The highest BCUT2D eigenvalue weighted by Gasteiger charge is 2.54. The fraction of sp³-hybridized carbons (Fsp3) is 0.480. The summed E-state index contributed by atoms with van der Waals surface area (Å²) in [7, 11) is 3.20. The molecule has 0 bridgehead atoms. The maximum absolute atomic E-state index is 13.6. The molecule has 4 heteroatoms. The monoisotopic (exact) mass is 394 g/mol. The Labute approximate surface area is 172 Å². The number of ketones is 1. The molecule has 1 aromatic rings. The number of hydrogen-bond acceptors (Lipinski definition) is 4. The minimum absolute atomic E-state index is 0.00926. The van der Waals surface area contributed by atoms with Crippen LogP contribution in [0.3, 0.4) is 0 Å². The van der Waals surface area contributed by atoms with Crippen molar-refractivity contribution < 1.29 is 19.4 Å². The maximum Gasteiger partial charge on any atom is 0.176 e. The Morgan fingerprint density at radius 3 is 2.38 bits per heavy atom. The largest absolute Gasteiger partial charge is 0.507 e. The quantitative estimate of drug-likeness (QED) is 0.722. The third-order valence-electron chi connectivity index (χ3n) is 6.83. The smallest absolute Gasteiger partial charge is 0.176 e. The minimum Gasteiger partial charge on any atom is -0.507 e. The molecule has 1 atom stereocenters. The van der Waals surface area contributed by atoms with Crippen LogP contribution in [0, 0.1) is 10.8 Å². The molecule has 4 rings (SSSR count). The molecule has 0 aromatic heterocycles. The molecule has 3 aliphatic rings. The Morgan fingerprint density at radius 1 is 1.07 bits per heavy atom. The van der Waals surface area contributed by atoms with E-state index >= 15 is 0 Å². The third-order valence-corrected chi connectivity index (χ3v) is 6.83. The lowest BCUT2D eigenvalue weighted by atomic mass is 9.61. The number of rotatable bonds is 5. The summed E-state index contributed by atoms with van der Waals surface area (Å²) in [5, 5.41) is 11.1. The number of fused-ring (bicyclic) bond motifs is 1. The average Bonchev–Trinajstić information content (AvgIpc) is 3.48. The van der Waals surface area contributed by atoms with Crippen LogP contribution in [0.15, 0.2) is 53.3 Å². The molecule has 0 aliphatic heterocycles. The van der Waals surface area contributed by atoms with Crippen LogP contribution >= 0.6 is 0 Å². The fourth-order valence-corrected chi connectivity index (χ4v) is 5.15. The summed E-state index contributed by atoms with van der Waals surface area (Å²) in [4.78, 5) is 13.6. The van der Waals surface area contributed by atoms with Gasteiger partial charge in [0.05, 0.1) is 25.2 Å². The van der Waals surface area contributed by atoms with Gasteiger partial charge in [-0.3, -0.25) is 4.79 Å². The van der Waals surface area contributed by atoms with Gasteiger partial charge in [-0.25, -0.2) is 0 Å². The normalized spacial score (nSPS) is 26.4. The van der Waals surface area contributed by atoms with Gasteiger partial charge in [0.25, 0.3) is 0 Å². The molecule has 4 nitrogen and oxygen atoms in total. The molecule has 0 saturated heterocycles. The van der Waals surface area contributed by atoms with E-state index in [1.54, 1.807) is 14.2 Å². The van der Waals surface area contributed by atoms with Gasteiger partial charge < -0.3 is 14.6 Å². The van der Waals surface area contributed by atoms with Gasteiger partial charge in [0.2, 0.25) is 0 Å². The summed E-state index contributed by atoms with van der Waals surface area (Å²) in [6.07, 6.45) is 9.40. The first-order chi connectivity index (χ1) is 13.7. The standard InChI is InChI=1S/C25H30O4/c1-23(2)10-9-18-21(26)17(8-11-24(18,3)15-23)22(27)25(12-13-25)16-6-7-19(28-4)20(14-16)29-5/h6-10,14,26H,11-13,15H2,1-5H3. The molecular weight excluding hydrogens is 364 g/mol. The van der Waals surface area contributed by atoms with E-state index in [4.69, 9.17) is 9.47 Å². The first-order valence-electron chi connectivity index (χ1n) is 10.3. The molecule has 1 aromatic carbocycles. The van der Waals surface area contributed by atoms with Gasteiger partial charge in [0.1, 0.15) is 5.76 Å². The van der Waals surface area contributed by atoms with Crippen molar-refractivity contribution in [3.63, 3.8) is 0 Å². The SMILES string of the molecule is COc1ccc(C2(C(=O)C3=CCC4(C)CC(C)(C)C=CC4=C3O)CC2)cc1OC. The van der Waals surface area contributed by atoms with E-state index < -0.39 is 5.41 Å². The third kappa shape index (κ3) is 3.09. The highest BCUT2D eigenvalue weighted by atomic mass is 16.5. The van der Waals surface area contributed by atoms with Crippen molar-refractivity contribution in [3.8, 4) is 11.5 Å². The number of Topliss-reactive ketones (excluding diaryl/α,β-unsaturated/α-hetero) is 1. The molecule has 154 valence electrons. The van der Waals surface area contributed by atoms with Crippen molar-refractivity contribution >= 4 is 5.78 Å². The second-order valence-corrected chi connectivity index (χ2v) is 9.62. The molecule has 29 heavy (non-hydrogen) atoms. The van der Waals surface area contributed by atoms with Crippen molar-refractivity contribution in [1.82, 2.24) is 0 Å². The molecule has 0 amide bonds. The molecule has 1 fully saturated rings. The first kappa shape index (κ1) is 19.8.